The normalized spacial score (nSPS) is 29.0. The molecular formula is C10H19N2. The van der Waals surface area contributed by atoms with E-state index in [0.29, 0.717) is 0 Å². The second kappa shape index (κ2) is 4.24. The lowest BCUT2D eigenvalue weighted by molar-refractivity contribution is 0.164. The fraction of sp³-hybridized carbons (Fsp3) is 0.900. The van der Waals surface area contributed by atoms with Crippen molar-refractivity contribution in [1.29, 1.82) is 0 Å². The summed E-state index contributed by atoms with van der Waals surface area (Å²) in [5.41, 5.74) is 0. The quantitative estimate of drug-likeness (QED) is 0.627. The van der Waals surface area contributed by atoms with Crippen molar-refractivity contribution in [2.75, 3.05) is 26.2 Å². The number of hydrogen-bond donors (Lipinski definition) is 1. The van der Waals surface area contributed by atoms with Crippen LogP contribution in [-0.2, 0) is 0 Å². The largest absolute Gasteiger partial charge is 0.316 e. The molecule has 2 heteroatoms. The molecule has 0 aromatic heterocycles. The Morgan fingerprint density at radius 1 is 1.17 bits per heavy atom. The van der Waals surface area contributed by atoms with Gasteiger partial charge in [0.05, 0.1) is 0 Å². The summed E-state index contributed by atoms with van der Waals surface area (Å²) < 4.78 is 0. The summed E-state index contributed by atoms with van der Waals surface area (Å²) in [6.45, 7) is 4.99. The number of hydrogen-bond acceptors (Lipinski definition) is 2. The van der Waals surface area contributed by atoms with Crippen molar-refractivity contribution in [1.82, 2.24) is 10.2 Å². The van der Waals surface area contributed by atoms with Crippen LogP contribution in [0.1, 0.15) is 25.7 Å². The molecule has 0 aliphatic carbocycles. The summed E-state index contributed by atoms with van der Waals surface area (Å²) in [5, 5.41) is 3.37. The molecule has 12 heavy (non-hydrogen) atoms. The highest BCUT2D eigenvalue weighted by atomic mass is 15.2. The van der Waals surface area contributed by atoms with Gasteiger partial charge in [-0.1, -0.05) is 6.42 Å². The van der Waals surface area contributed by atoms with Gasteiger partial charge in [-0.25, -0.2) is 0 Å². The van der Waals surface area contributed by atoms with E-state index in [1.54, 1.807) is 0 Å². The molecule has 2 rings (SSSR count). The highest BCUT2D eigenvalue weighted by molar-refractivity contribution is 4.91. The van der Waals surface area contributed by atoms with Gasteiger partial charge in [0.15, 0.2) is 0 Å². The first-order chi connectivity index (χ1) is 5.97. The van der Waals surface area contributed by atoms with Crippen LogP contribution in [0, 0.1) is 6.42 Å². The third kappa shape index (κ3) is 1.99. The van der Waals surface area contributed by atoms with Crippen LogP contribution in [0.3, 0.4) is 0 Å². The van der Waals surface area contributed by atoms with Gasteiger partial charge in [-0.05, 0) is 51.9 Å². The molecule has 1 N–H and O–H groups in total. The van der Waals surface area contributed by atoms with Crippen molar-refractivity contribution in [3.05, 3.63) is 6.42 Å². The Kier molecular flexibility index (Phi) is 3.01. The Morgan fingerprint density at radius 2 is 2.00 bits per heavy atom. The Balaban J connectivity index is 1.80. The monoisotopic (exact) mass is 167 g/mol. The van der Waals surface area contributed by atoms with Gasteiger partial charge in [0.2, 0.25) is 0 Å². The fourth-order valence-electron chi connectivity index (χ4n) is 2.27. The van der Waals surface area contributed by atoms with Crippen molar-refractivity contribution in [2.45, 2.75) is 31.7 Å². The second-order valence-electron chi connectivity index (χ2n) is 3.89. The molecule has 2 heterocycles. The molecule has 2 nitrogen and oxygen atoms in total. The van der Waals surface area contributed by atoms with E-state index in [-0.39, 0.29) is 0 Å². The highest BCUT2D eigenvalue weighted by Gasteiger charge is 2.21. The van der Waals surface area contributed by atoms with Gasteiger partial charge in [-0.2, -0.15) is 0 Å². The smallest absolute Gasteiger partial charge is 0.0151 e. The topological polar surface area (TPSA) is 15.3 Å². The molecule has 2 aliphatic rings. The van der Waals surface area contributed by atoms with Gasteiger partial charge in [0.1, 0.15) is 0 Å². The lowest BCUT2D eigenvalue weighted by atomic mass is 10.0. The Bertz CT molecular complexity index is 108. The zero-order valence-corrected chi connectivity index (χ0v) is 7.76. The molecule has 0 saturated carbocycles. The average molecular weight is 167 g/mol. The standard InChI is InChI=1S/C10H19N2/c1-2-8-12(9-3-1)10-4-6-11-7-5-10/h4,10-11H,1-3,5-9H2. The van der Waals surface area contributed by atoms with Gasteiger partial charge in [0.25, 0.3) is 0 Å². The number of nitrogens with zero attached hydrogens (tertiary/aromatic N) is 1. The molecular weight excluding hydrogens is 148 g/mol. The summed E-state index contributed by atoms with van der Waals surface area (Å²) in [6.07, 6.45) is 8.03. The van der Waals surface area contributed by atoms with Gasteiger partial charge < -0.3 is 10.2 Å². The van der Waals surface area contributed by atoms with Crippen molar-refractivity contribution in [3.63, 3.8) is 0 Å². The van der Waals surface area contributed by atoms with Crippen LogP contribution >= 0.6 is 0 Å². The van der Waals surface area contributed by atoms with Crippen LogP contribution in [-0.4, -0.2) is 37.1 Å². The van der Waals surface area contributed by atoms with Crippen LogP contribution in [0.2, 0.25) is 0 Å². The predicted molar refractivity (Wildman–Crippen MR) is 51.0 cm³/mol. The first-order valence-corrected chi connectivity index (χ1v) is 5.25. The molecule has 1 atom stereocenters. The number of rotatable bonds is 1. The third-order valence-electron chi connectivity index (χ3n) is 3.01. The van der Waals surface area contributed by atoms with E-state index in [4.69, 9.17) is 0 Å². The Morgan fingerprint density at radius 3 is 2.67 bits per heavy atom. The molecule has 1 radical (unpaired) electrons. The molecule has 0 spiro atoms. The van der Waals surface area contributed by atoms with E-state index in [1.165, 1.54) is 45.3 Å². The number of likely N-dealkylation sites (tertiary alicyclic amines) is 1. The maximum atomic E-state index is 3.37. The molecule has 69 valence electrons. The van der Waals surface area contributed by atoms with Crippen LogP contribution in [0.25, 0.3) is 0 Å². The van der Waals surface area contributed by atoms with Crippen LogP contribution < -0.4 is 5.32 Å². The molecule has 2 aliphatic heterocycles. The Hall–Kier alpha value is -0.0800. The molecule has 0 aromatic carbocycles. The third-order valence-corrected chi connectivity index (χ3v) is 3.01. The minimum absolute atomic E-state index is 0.784. The summed E-state index contributed by atoms with van der Waals surface area (Å²) in [7, 11) is 0. The number of nitrogens with one attached hydrogen (secondary N) is 1. The van der Waals surface area contributed by atoms with Crippen molar-refractivity contribution < 1.29 is 0 Å². The zero-order valence-electron chi connectivity index (χ0n) is 7.76. The molecule has 2 saturated heterocycles. The predicted octanol–water partition coefficient (Wildman–Crippen LogP) is 1.04. The van der Waals surface area contributed by atoms with Crippen LogP contribution in [0.5, 0.6) is 0 Å². The van der Waals surface area contributed by atoms with E-state index in [2.05, 4.69) is 16.6 Å². The summed E-state index contributed by atoms with van der Waals surface area (Å²) in [4.78, 5) is 2.66. The lowest BCUT2D eigenvalue weighted by Crippen LogP contribution is -2.45. The van der Waals surface area contributed by atoms with Crippen molar-refractivity contribution >= 4 is 0 Å². The van der Waals surface area contributed by atoms with Gasteiger partial charge >= 0.3 is 0 Å². The van der Waals surface area contributed by atoms with Gasteiger partial charge in [0, 0.05) is 6.04 Å². The Labute approximate surface area is 75.3 Å². The maximum Gasteiger partial charge on any atom is 0.0151 e. The van der Waals surface area contributed by atoms with Crippen LogP contribution in [0.4, 0.5) is 0 Å². The van der Waals surface area contributed by atoms with E-state index >= 15 is 0 Å². The summed E-state index contributed by atoms with van der Waals surface area (Å²) in [6, 6.07) is 0.784. The van der Waals surface area contributed by atoms with E-state index < -0.39 is 0 Å². The minimum atomic E-state index is 0.784. The molecule has 1 unspecified atom stereocenters. The van der Waals surface area contributed by atoms with E-state index in [9.17, 15) is 0 Å². The number of piperidine rings is 2. The van der Waals surface area contributed by atoms with Crippen LogP contribution in [0.15, 0.2) is 0 Å². The SMILES string of the molecule is [CH]1CNCCC1N1CCCCC1. The van der Waals surface area contributed by atoms with Crippen molar-refractivity contribution in [2.24, 2.45) is 0 Å². The van der Waals surface area contributed by atoms with E-state index in [1.807, 2.05) is 0 Å². The zero-order chi connectivity index (χ0) is 8.23. The molecule has 0 amide bonds. The summed E-state index contributed by atoms with van der Waals surface area (Å²) >= 11 is 0. The first-order valence-electron chi connectivity index (χ1n) is 5.25. The molecule has 2 fully saturated rings. The first kappa shape index (κ1) is 8.52. The molecule has 0 aromatic rings. The fourth-order valence-corrected chi connectivity index (χ4v) is 2.27. The van der Waals surface area contributed by atoms with E-state index in [0.717, 1.165) is 12.6 Å². The van der Waals surface area contributed by atoms with Gasteiger partial charge in [-0.3, -0.25) is 0 Å². The van der Waals surface area contributed by atoms with Crippen molar-refractivity contribution in [3.8, 4) is 0 Å². The van der Waals surface area contributed by atoms with Gasteiger partial charge in [-0.15, -0.1) is 0 Å². The maximum absolute atomic E-state index is 3.37. The summed E-state index contributed by atoms with van der Waals surface area (Å²) in [5.74, 6) is 0. The highest BCUT2D eigenvalue weighted by Crippen LogP contribution is 2.16. The average Bonchev–Trinajstić information content (AvgIpc) is 2.21. The second-order valence-corrected chi connectivity index (χ2v) is 3.89. The lowest BCUT2D eigenvalue weighted by Gasteiger charge is -2.36. The minimum Gasteiger partial charge on any atom is -0.316 e. The molecule has 0 bridgehead atoms.